The molecule has 1 aliphatic rings. The molecule has 5 heterocycles. The molecule has 0 radical (unpaired) electrons. The lowest BCUT2D eigenvalue weighted by Gasteiger charge is -2.26. The van der Waals surface area contributed by atoms with E-state index in [1.165, 1.54) is 11.3 Å². The molecule has 0 unspecified atom stereocenters. The van der Waals surface area contributed by atoms with Gasteiger partial charge in [-0.25, -0.2) is 9.97 Å². The van der Waals surface area contributed by atoms with E-state index in [9.17, 15) is 0 Å². The number of H-pyrrole nitrogens is 1. The van der Waals surface area contributed by atoms with E-state index in [2.05, 4.69) is 53.4 Å². The normalized spacial score (nSPS) is 14.0. The molecular formula is C19H21N9. The zero-order valence-electron chi connectivity index (χ0n) is 15.8. The van der Waals surface area contributed by atoms with Crippen molar-refractivity contribution < 1.29 is 0 Å². The van der Waals surface area contributed by atoms with Gasteiger partial charge in [0, 0.05) is 43.0 Å². The van der Waals surface area contributed by atoms with Crippen molar-refractivity contribution in [2.45, 2.75) is 32.9 Å². The number of imidazole rings is 1. The number of nitrogens with two attached hydrogens (primary N) is 1. The molecule has 5 rings (SSSR count). The summed E-state index contributed by atoms with van der Waals surface area (Å²) in [4.78, 5) is 20.2. The molecule has 9 heteroatoms. The maximum absolute atomic E-state index is 6.29. The maximum atomic E-state index is 6.29. The molecule has 0 saturated heterocycles. The Labute approximate surface area is 161 Å². The van der Waals surface area contributed by atoms with Crippen LogP contribution in [0.25, 0.3) is 22.3 Å². The quantitative estimate of drug-likeness (QED) is 0.565. The Kier molecular flexibility index (Phi) is 3.75. The number of fused-ring (bicyclic) bond motifs is 2. The van der Waals surface area contributed by atoms with Crippen LogP contribution in [0.2, 0.25) is 0 Å². The van der Waals surface area contributed by atoms with Crippen LogP contribution in [0.5, 0.6) is 0 Å². The van der Waals surface area contributed by atoms with E-state index >= 15 is 0 Å². The van der Waals surface area contributed by atoms with E-state index in [0.29, 0.717) is 17.8 Å². The molecule has 0 fully saturated rings. The fourth-order valence-corrected chi connectivity index (χ4v) is 3.62. The SMILES string of the molecule is CC(C)n1cnc2cnc(-c3cnc(N4CCc5[nH]ncc5C4)nc3N)cc21. The number of rotatable bonds is 3. The van der Waals surface area contributed by atoms with Crippen molar-refractivity contribution in [2.75, 3.05) is 17.2 Å². The van der Waals surface area contributed by atoms with Crippen LogP contribution < -0.4 is 10.6 Å². The molecule has 28 heavy (non-hydrogen) atoms. The summed E-state index contributed by atoms with van der Waals surface area (Å²) in [6.45, 7) is 5.79. The number of aromatic nitrogens is 7. The molecule has 0 atom stereocenters. The fourth-order valence-electron chi connectivity index (χ4n) is 3.62. The Morgan fingerprint density at radius 3 is 2.86 bits per heavy atom. The van der Waals surface area contributed by atoms with Gasteiger partial charge in [0.15, 0.2) is 0 Å². The lowest BCUT2D eigenvalue weighted by molar-refractivity contribution is 0.617. The van der Waals surface area contributed by atoms with Gasteiger partial charge < -0.3 is 15.2 Å². The minimum absolute atomic E-state index is 0.308. The number of aromatic amines is 1. The number of nitrogens with zero attached hydrogens (tertiary/aromatic N) is 7. The maximum Gasteiger partial charge on any atom is 0.227 e. The molecule has 9 nitrogen and oxygen atoms in total. The third-order valence-corrected chi connectivity index (χ3v) is 5.18. The standard InChI is InChI=1S/C19H21N9/c1-11(2)28-10-23-16-8-21-15(5-17(16)28)13-7-22-19(25-18(13)20)27-4-3-14-12(9-27)6-24-26-14/h5-8,10-11H,3-4,9H2,1-2H3,(H,24,26)(H2,20,22,25). The summed E-state index contributed by atoms with van der Waals surface area (Å²) in [5, 5.41) is 7.15. The van der Waals surface area contributed by atoms with E-state index in [0.717, 1.165) is 41.8 Å². The average Bonchev–Trinajstić information content (AvgIpc) is 3.33. The molecule has 142 valence electrons. The van der Waals surface area contributed by atoms with Crippen molar-refractivity contribution in [3.63, 3.8) is 0 Å². The van der Waals surface area contributed by atoms with Gasteiger partial charge in [-0.05, 0) is 19.9 Å². The minimum atomic E-state index is 0.308. The first-order chi connectivity index (χ1) is 13.6. The summed E-state index contributed by atoms with van der Waals surface area (Å²) in [5.41, 5.74) is 12.0. The van der Waals surface area contributed by atoms with Gasteiger partial charge in [-0.1, -0.05) is 0 Å². The number of pyridine rings is 1. The van der Waals surface area contributed by atoms with Gasteiger partial charge in [0.05, 0.1) is 35.5 Å². The second-order valence-electron chi connectivity index (χ2n) is 7.32. The van der Waals surface area contributed by atoms with Crippen molar-refractivity contribution in [1.29, 1.82) is 0 Å². The molecule has 3 N–H and O–H groups in total. The minimum Gasteiger partial charge on any atom is -0.383 e. The van der Waals surface area contributed by atoms with Crippen molar-refractivity contribution >= 4 is 22.8 Å². The van der Waals surface area contributed by atoms with E-state index in [4.69, 9.17) is 5.73 Å². The van der Waals surface area contributed by atoms with Crippen molar-refractivity contribution in [3.05, 3.63) is 42.2 Å². The Bertz CT molecular complexity index is 1160. The Balaban J connectivity index is 1.48. The predicted molar refractivity (Wildman–Crippen MR) is 107 cm³/mol. The van der Waals surface area contributed by atoms with Crippen LogP contribution in [0.15, 0.2) is 31.0 Å². The molecule has 0 aromatic carbocycles. The second-order valence-corrected chi connectivity index (χ2v) is 7.32. The monoisotopic (exact) mass is 375 g/mol. The van der Waals surface area contributed by atoms with Crippen LogP contribution in [0.3, 0.4) is 0 Å². The highest BCUT2D eigenvalue weighted by molar-refractivity contribution is 5.82. The first-order valence-electron chi connectivity index (χ1n) is 9.31. The summed E-state index contributed by atoms with van der Waals surface area (Å²) in [6.07, 6.45) is 8.10. The van der Waals surface area contributed by atoms with Gasteiger partial charge in [0.25, 0.3) is 0 Å². The second kappa shape index (κ2) is 6.29. The molecule has 0 aliphatic carbocycles. The summed E-state index contributed by atoms with van der Waals surface area (Å²) >= 11 is 0. The van der Waals surface area contributed by atoms with Crippen LogP contribution in [-0.2, 0) is 13.0 Å². The first-order valence-corrected chi connectivity index (χ1v) is 9.31. The van der Waals surface area contributed by atoms with Crippen LogP contribution in [0.4, 0.5) is 11.8 Å². The molecule has 0 spiro atoms. The Morgan fingerprint density at radius 2 is 2.04 bits per heavy atom. The molecule has 4 aromatic heterocycles. The summed E-state index contributed by atoms with van der Waals surface area (Å²) in [6, 6.07) is 2.30. The van der Waals surface area contributed by atoms with Crippen LogP contribution in [-0.4, -0.2) is 41.2 Å². The van der Waals surface area contributed by atoms with Crippen LogP contribution in [0, 0.1) is 0 Å². The van der Waals surface area contributed by atoms with E-state index in [1.807, 2.05) is 18.6 Å². The lowest BCUT2D eigenvalue weighted by Crippen LogP contribution is -2.31. The third-order valence-electron chi connectivity index (χ3n) is 5.18. The van der Waals surface area contributed by atoms with Crippen molar-refractivity contribution in [3.8, 4) is 11.3 Å². The highest BCUT2D eigenvalue weighted by Gasteiger charge is 2.21. The van der Waals surface area contributed by atoms with Crippen LogP contribution in [0.1, 0.15) is 31.1 Å². The Morgan fingerprint density at radius 1 is 1.14 bits per heavy atom. The number of hydrogen-bond donors (Lipinski definition) is 2. The molecule has 0 saturated carbocycles. The van der Waals surface area contributed by atoms with Crippen LogP contribution >= 0.6 is 0 Å². The largest absolute Gasteiger partial charge is 0.383 e. The molecule has 4 aromatic rings. The predicted octanol–water partition coefficient (Wildman–Crippen LogP) is 2.34. The smallest absolute Gasteiger partial charge is 0.227 e. The highest BCUT2D eigenvalue weighted by Crippen LogP contribution is 2.28. The van der Waals surface area contributed by atoms with E-state index in [1.54, 1.807) is 12.4 Å². The number of anilines is 2. The summed E-state index contributed by atoms with van der Waals surface area (Å²) < 4.78 is 2.11. The zero-order chi connectivity index (χ0) is 19.3. The van der Waals surface area contributed by atoms with Gasteiger partial charge in [0.2, 0.25) is 5.95 Å². The summed E-state index contributed by atoms with van der Waals surface area (Å²) in [5.74, 6) is 1.05. The average molecular weight is 375 g/mol. The van der Waals surface area contributed by atoms with E-state index in [-0.39, 0.29) is 0 Å². The third kappa shape index (κ3) is 2.67. The number of nitrogens with one attached hydrogen (secondary N) is 1. The van der Waals surface area contributed by atoms with Gasteiger partial charge >= 0.3 is 0 Å². The first kappa shape index (κ1) is 16.7. The molecule has 1 aliphatic heterocycles. The molecule has 0 bridgehead atoms. The van der Waals surface area contributed by atoms with Gasteiger partial charge in [-0.2, -0.15) is 10.1 Å². The zero-order valence-corrected chi connectivity index (χ0v) is 15.8. The van der Waals surface area contributed by atoms with Gasteiger partial charge in [0.1, 0.15) is 11.3 Å². The lowest BCUT2D eigenvalue weighted by atomic mass is 10.1. The fraction of sp³-hybridized carbons (Fsp3) is 0.316. The van der Waals surface area contributed by atoms with Gasteiger partial charge in [-0.3, -0.25) is 10.1 Å². The molecule has 0 amide bonds. The van der Waals surface area contributed by atoms with Crippen molar-refractivity contribution in [1.82, 2.24) is 34.7 Å². The topological polar surface area (TPSA) is 114 Å². The molecular weight excluding hydrogens is 354 g/mol. The highest BCUT2D eigenvalue weighted by atomic mass is 15.3. The number of hydrogen-bond acceptors (Lipinski definition) is 7. The van der Waals surface area contributed by atoms with Crippen molar-refractivity contribution in [2.24, 2.45) is 0 Å². The Hall–Kier alpha value is -3.49. The number of nitrogen functional groups attached to an aromatic ring is 1. The summed E-state index contributed by atoms with van der Waals surface area (Å²) in [7, 11) is 0. The van der Waals surface area contributed by atoms with E-state index < -0.39 is 0 Å². The van der Waals surface area contributed by atoms with Gasteiger partial charge in [-0.15, -0.1) is 0 Å².